The fourth-order valence-electron chi connectivity index (χ4n) is 2.72. The predicted molar refractivity (Wildman–Crippen MR) is 113 cm³/mol. The normalized spacial score (nSPS) is 10.9. The predicted octanol–water partition coefficient (Wildman–Crippen LogP) is 5.45. The highest BCUT2D eigenvalue weighted by atomic mass is 32.1. The zero-order chi connectivity index (χ0) is 18.8. The van der Waals surface area contributed by atoms with Crippen molar-refractivity contribution in [2.45, 2.75) is 0 Å². The Balaban J connectivity index is 1.46. The fourth-order valence-corrected chi connectivity index (χ4v) is 4.28. The van der Waals surface area contributed by atoms with E-state index < -0.39 is 0 Å². The van der Waals surface area contributed by atoms with Gasteiger partial charge in [0, 0.05) is 23.2 Å². The molecule has 5 rings (SSSR count). The van der Waals surface area contributed by atoms with Gasteiger partial charge in [0.15, 0.2) is 0 Å². The van der Waals surface area contributed by atoms with E-state index in [-0.39, 0.29) is 0 Å². The molecule has 0 saturated carbocycles. The minimum atomic E-state index is 0.833. The van der Waals surface area contributed by atoms with E-state index in [1.165, 1.54) is 0 Å². The van der Waals surface area contributed by atoms with Gasteiger partial charge in [-0.3, -0.25) is 9.97 Å². The van der Waals surface area contributed by atoms with Crippen LogP contribution in [-0.2, 0) is 0 Å². The number of thiazole rings is 2. The molecule has 0 N–H and O–H groups in total. The second kappa shape index (κ2) is 7.38. The first kappa shape index (κ1) is 16.9. The van der Waals surface area contributed by atoms with Crippen LogP contribution in [0.2, 0.25) is 0 Å². The van der Waals surface area contributed by atoms with Crippen LogP contribution in [0.15, 0.2) is 77.8 Å². The van der Waals surface area contributed by atoms with Crippen LogP contribution in [0.25, 0.3) is 44.2 Å². The van der Waals surface area contributed by atoms with Gasteiger partial charge in [-0.1, -0.05) is 18.2 Å². The minimum Gasteiger partial charge on any atom is -0.255 e. The Labute approximate surface area is 169 Å². The lowest BCUT2D eigenvalue weighted by atomic mass is 10.3. The van der Waals surface area contributed by atoms with Crippen LogP contribution in [0.4, 0.5) is 0 Å². The molecule has 0 aromatic carbocycles. The molecule has 0 aliphatic carbocycles. The maximum absolute atomic E-state index is 4.78. The average Bonchev–Trinajstić information content (AvgIpc) is 3.46. The molecule has 5 aromatic rings. The first-order chi connectivity index (χ1) is 13.9. The monoisotopic (exact) mass is 399 g/mol. The molecule has 28 heavy (non-hydrogen) atoms. The highest BCUT2D eigenvalue weighted by molar-refractivity contribution is 7.13. The first-order valence-corrected chi connectivity index (χ1v) is 10.3. The van der Waals surface area contributed by atoms with Crippen molar-refractivity contribution < 1.29 is 0 Å². The molecule has 0 aliphatic rings. The van der Waals surface area contributed by atoms with E-state index in [0.717, 1.165) is 44.2 Å². The third-order valence-electron chi connectivity index (χ3n) is 4.05. The lowest BCUT2D eigenvalue weighted by Crippen LogP contribution is -1.88. The first-order valence-electron chi connectivity index (χ1n) is 8.58. The highest BCUT2D eigenvalue weighted by Gasteiger charge is 2.12. The molecule has 0 amide bonds. The van der Waals surface area contributed by atoms with Crippen LogP contribution in [-0.4, -0.2) is 24.9 Å². The number of nitrogens with zero attached hydrogens (tertiary/aromatic N) is 5. The van der Waals surface area contributed by atoms with Crippen molar-refractivity contribution in [2.75, 3.05) is 0 Å². The number of hydrogen-bond donors (Lipinski definition) is 0. The van der Waals surface area contributed by atoms with E-state index in [1.54, 1.807) is 35.1 Å². The van der Waals surface area contributed by atoms with Crippen LogP contribution in [0.5, 0.6) is 0 Å². The van der Waals surface area contributed by atoms with Crippen molar-refractivity contribution >= 4 is 22.7 Å². The summed E-state index contributed by atoms with van der Waals surface area (Å²) in [6.07, 6.45) is 3.55. The zero-order valence-electron chi connectivity index (χ0n) is 14.6. The Hall–Kier alpha value is -3.29. The summed E-state index contributed by atoms with van der Waals surface area (Å²) >= 11 is 3.13. The van der Waals surface area contributed by atoms with Gasteiger partial charge in [-0.25, -0.2) is 15.0 Å². The van der Waals surface area contributed by atoms with Crippen LogP contribution in [0.1, 0.15) is 0 Å². The van der Waals surface area contributed by atoms with Gasteiger partial charge in [0.2, 0.25) is 0 Å². The fraction of sp³-hybridized carbons (Fsp3) is 0. The van der Waals surface area contributed by atoms with Gasteiger partial charge in [-0.2, -0.15) is 0 Å². The van der Waals surface area contributed by atoms with Gasteiger partial charge < -0.3 is 0 Å². The molecule has 0 bridgehead atoms. The largest absolute Gasteiger partial charge is 0.255 e. The van der Waals surface area contributed by atoms with E-state index in [1.807, 2.05) is 65.4 Å². The molecule has 5 nitrogen and oxygen atoms in total. The molecule has 0 radical (unpaired) electrons. The second-order valence-corrected chi connectivity index (χ2v) is 7.63. The molecule has 0 atom stereocenters. The van der Waals surface area contributed by atoms with Crippen molar-refractivity contribution in [2.24, 2.45) is 0 Å². The van der Waals surface area contributed by atoms with E-state index >= 15 is 0 Å². The van der Waals surface area contributed by atoms with Crippen LogP contribution >= 0.6 is 22.7 Å². The Kier molecular flexibility index (Phi) is 4.44. The van der Waals surface area contributed by atoms with Gasteiger partial charge >= 0.3 is 0 Å². The molecule has 0 saturated heterocycles. The van der Waals surface area contributed by atoms with Crippen molar-refractivity contribution in [3.63, 3.8) is 0 Å². The van der Waals surface area contributed by atoms with Gasteiger partial charge in [0.05, 0.1) is 22.8 Å². The summed E-state index contributed by atoms with van der Waals surface area (Å²) < 4.78 is 0. The summed E-state index contributed by atoms with van der Waals surface area (Å²) in [5.74, 6) is 0. The molecule has 134 valence electrons. The summed E-state index contributed by atoms with van der Waals surface area (Å²) in [5, 5.41) is 5.75. The summed E-state index contributed by atoms with van der Waals surface area (Å²) in [4.78, 5) is 22.9. The Morgan fingerprint density at radius 3 is 1.43 bits per heavy atom. The molecule has 7 heteroatoms. The molecular formula is C21H13N5S2. The minimum absolute atomic E-state index is 0.833. The lowest BCUT2D eigenvalue weighted by Gasteiger charge is -2.00. The van der Waals surface area contributed by atoms with Gasteiger partial charge in [0.1, 0.15) is 21.4 Å². The quantitative estimate of drug-likeness (QED) is 0.402. The maximum atomic E-state index is 4.78. The topological polar surface area (TPSA) is 64.5 Å². The van der Waals surface area contributed by atoms with Crippen LogP contribution < -0.4 is 0 Å². The standard InChI is InChI=1S/C21H13N5S2/c1-3-10-22-14(6-1)18-12-27-20(25-18)16-8-5-9-17(24-16)21-26-19(13-28-21)15-7-2-4-11-23-15/h1-13H. The Bertz CT molecular complexity index is 1120. The average molecular weight is 400 g/mol. The van der Waals surface area contributed by atoms with Crippen molar-refractivity contribution in [1.82, 2.24) is 24.9 Å². The van der Waals surface area contributed by atoms with Crippen molar-refractivity contribution in [1.29, 1.82) is 0 Å². The van der Waals surface area contributed by atoms with Gasteiger partial charge in [-0.15, -0.1) is 22.7 Å². The van der Waals surface area contributed by atoms with E-state index in [2.05, 4.69) is 9.97 Å². The number of rotatable bonds is 4. The van der Waals surface area contributed by atoms with Gasteiger partial charge in [-0.05, 0) is 36.4 Å². The highest BCUT2D eigenvalue weighted by Crippen LogP contribution is 2.30. The van der Waals surface area contributed by atoms with Crippen LogP contribution in [0, 0.1) is 0 Å². The van der Waals surface area contributed by atoms with Crippen molar-refractivity contribution in [3.05, 3.63) is 77.8 Å². The van der Waals surface area contributed by atoms with Crippen LogP contribution in [0.3, 0.4) is 0 Å². The van der Waals surface area contributed by atoms with Gasteiger partial charge in [0.25, 0.3) is 0 Å². The molecule has 0 fully saturated rings. The molecular weight excluding hydrogens is 386 g/mol. The number of aromatic nitrogens is 5. The molecule has 5 aromatic heterocycles. The number of pyridine rings is 3. The summed E-state index contributed by atoms with van der Waals surface area (Å²) in [6, 6.07) is 17.6. The Morgan fingerprint density at radius 2 is 0.964 bits per heavy atom. The summed E-state index contributed by atoms with van der Waals surface area (Å²) in [6.45, 7) is 0. The van der Waals surface area contributed by atoms with E-state index in [0.29, 0.717) is 0 Å². The maximum Gasteiger partial charge on any atom is 0.142 e. The third kappa shape index (κ3) is 3.33. The summed E-state index contributed by atoms with van der Waals surface area (Å²) in [5.41, 5.74) is 5.11. The van der Waals surface area contributed by atoms with E-state index in [9.17, 15) is 0 Å². The Morgan fingerprint density at radius 1 is 0.464 bits per heavy atom. The van der Waals surface area contributed by atoms with Crippen molar-refractivity contribution in [3.8, 4) is 44.2 Å². The molecule has 0 aliphatic heterocycles. The molecule has 0 unspecified atom stereocenters. The molecule has 0 spiro atoms. The second-order valence-electron chi connectivity index (χ2n) is 5.91. The molecule has 5 heterocycles. The zero-order valence-corrected chi connectivity index (χ0v) is 16.2. The lowest BCUT2D eigenvalue weighted by molar-refractivity contribution is 1.24. The SMILES string of the molecule is c1ccc(-c2csc(-c3cccc(-c4nc(-c5ccccn5)cs4)n3)n2)nc1. The third-order valence-corrected chi connectivity index (χ3v) is 5.78. The van der Waals surface area contributed by atoms with E-state index in [4.69, 9.17) is 15.0 Å². The number of hydrogen-bond acceptors (Lipinski definition) is 7. The summed E-state index contributed by atoms with van der Waals surface area (Å²) in [7, 11) is 0. The smallest absolute Gasteiger partial charge is 0.142 e.